The Hall–Kier alpha value is -0.860. The first-order chi connectivity index (χ1) is 6.44. The van der Waals surface area contributed by atoms with E-state index >= 15 is 0 Å². The largest absolute Gasteiger partial charge is 0.326 e. The van der Waals surface area contributed by atoms with Gasteiger partial charge in [-0.3, -0.25) is 0 Å². The molecule has 0 aromatic carbocycles. The van der Waals surface area contributed by atoms with Gasteiger partial charge in [-0.2, -0.15) is 0 Å². The Kier molecular flexibility index (Phi) is 5.43. The number of rotatable bonds is 5. The van der Waals surface area contributed by atoms with Crippen molar-refractivity contribution in [2.24, 2.45) is 11.5 Å². The first kappa shape index (κ1) is 13.1. The van der Waals surface area contributed by atoms with Crippen molar-refractivity contribution in [1.82, 2.24) is 0 Å². The van der Waals surface area contributed by atoms with Gasteiger partial charge < -0.3 is 11.5 Å². The molecular weight excluding hydrogens is 172 g/mol. The predicted molar refractivity (Wildman–Crippen MR) is 64.0 cm³/mol. The van der Waals surface area contributed by atoms with Crippen molar-refractivity contribution in [3.63, 3.8) is 0 Å². The van der Waals surface area contributed by atoms with Crippen molar-refractivity contribution in [2.45, 2.75) is 38.8 Å². The highest BCUT2D eigenvalue weighted by Crippen LogP contribution is 2.17. The van der Waals surface area contributed by atoms with E-state index < -0.39 is 0 Å². The van der Waals surface area contributed by atoms with Crippen LogP contribution in [0.4, 0.5) is 0 Å². The lowest BCUT2D eigenvalue weighted by Gasteiger charge is -2.29. The van der Waals surface area contributed by atoms with E-state index in [2.05, 4.69) is 6.58 Å². The summed E-state index contributed by atoms with van der Waals surface area (Å²) >= 11 is 0. The second-order valence-electron chi connectivity index (χ2n) is 3.95. The topological polar surface area (TPSA) is 52.0 Å². The molecule has 0 spiro atoms. The van der Waals surface area contributed by atoms with Crippen LogP contribution in [0.1, 0.15) is 27.2 Å². The maximum atomic E-state index is 6.09. The molecule has 0 rings (SSSR count). The number of nitrogens with two attached hydrogens (primary N) is 2. The summed E-state index contributed by atoms with van der Waals surface area (Å²) in [5.41, 5.74) is 12.7. The van der Waals surface area contributed by atoms with Crippen molar-refractivity contribution >= 4 is 0 Å². The summed E-state index contributed by atoms with van der Waals surface area (Å²) < 4.78 is 0. The van der Waals surface area contributed by atoms with Crippen LogP contribution in [0.15, 0.2) is 36.5 Å². The van der Waals surface area contributed by atoms with Crippen LogP contribution in [0, 0.1) is 0 Å². The Morgan fingerprint density at radius 2 is 2.14 bits per heavy atom. The van der Waals surface area contributed by atoms with Gasteiger partial charge in [-0.05, 0) is 32.8 Å². The van der Waals surface area contributed by atoms with Gasteiger partial charge in [0.25, 0.3) is 0 Å². The van der Waals surface area contributed by atoms with Gasteiger partial charge in [0.2, 0.25) is 0 Å². The van der Waals surface area contributed by atoms with Gasteiger partial charge >= 0.3 is 0 Å². The molecule has 4 N–H and O–H groups in total. The van der Waals surface area contributed by atoms with Gasteiger partial charge in [0, 0.05) is 11.6 Å². The zero-order chi connectivity index (χ0) is 11.2. The monoisotopic (exact) mass is 194 g/mol. The van der Waals surface area contributed by atoms with Gasteiger partial charge in [-0.25, -0.2) is 0 Å². The van der Waals surface area contributed by atoms with Gasteiger partial charge in [0.15, 0.2) is 0 Å². The molecule has 0 radical (unpaired) electrons. The fourth-order valence-electron chi connectivity index (χ4n) is 1.14. The highest BCUT2D eigenvalue weighted by Gasteiger charge is 2.23. The molecule has 2 nitrogen and oxygen atoms in total. The van der Waals surface area contributed by atoms with Gasteiger partial charge in [0.1, 0.15) is 0 Å². The van der Waals surface area contributed by atoms with Crippen LogP contribution >= 0.6 is 0 Å². The van der Waals surface area contributed by atoms with Crippen molar-refractivity contribution in [3.8, 4) is 0 Å². The molecule has 0 aliphatic heterocycles. The molecule has 0 saturated carbocycles. The third-order valence-corrected chi connectivity index (χ3v) is 2.34. The van der Waals surface area contributed by atoms with E-state index in [4.69, 9.17) is 11.5 Å². The Balaban J connectivity index is 4.60. The molecule has 14 heavy (non-hydrogen) atoms. The zero-order valence-corrected chi connectivity index (χ0v) is 9.46. The molecule has 0 aromatic rings. The summed E-state index contributed by atoms with van der Waals surface area (Å²) in [7, 11) is 0. The third kappa shape index (κ3) is 4.40. The lowest BCUT2D eigenvalue weighted by Crippen LogP contribution is -2.51. The maximum Gasteiger partial charge on any atom is 0.0317 e. The molecule has 0 saturated heterocycles. The third-order valence-electron chi connectivity index (χ3n) is 2.34. The normalized spacial score (nSPS) is 19.4. The summed E-state index contributed by atoms with van der Waals surface area (Å²) in [5.74, 6) is 0. The number of hydrogen-bond donors (Lipinski definition) is 2. The van der Waals surface area contributed by atoms with Crippen LogP contribution in [-0.4, -0.2) is 11.6 Å². The lowest BCUT2D eigenvalue weighted by atomic mass is 9.87. The minimum Gasteiger partial charge on any atom is -0.326 e. The quantitative estimate of drug-likeness (QED) is 0.659. The van der Waals surface area contributed by atoms with E-state index in [9.17, 15) is 0 Å². The first-order valence-electron chi connectivity index (χ1n) is 4.92. The summed E-state index contributed by atoms with van der Waals surface area (Å²) in [6.45, 7) is 9.56. The molecule has 0 fully saturated rings. The molecule has 0 aliphatic carbocycles. The fraction of sp³-hybridized carbons (Fsp3) is 0.500. The standard InChI is InChI=1S/C12H22N2/c1-5-7-11(8-6-2)9-12(4,14)10(3)13/h5-8,10H,1,9,13-14H2,2-4H3/b8-6-,11-7+. The van der Waals surface area contributed by atoms with E-state index in [0.29, 0.717) is 0 Å². The second kappa shape index (κ2) is 5.78. The van der Waals surface area contributed by atoms with Gasteiger partial charge in [0.05, 0.1) is 0 Å². The average molecular weight is 194 g/mol. The highest BCUT2D eigenvalue weighted by atomic mass is 14.8. The second-order valence-corrected chi connectivity index (χ2v) is 3.95. The first-order valence-corrected chi connectivity index (χ1v) is 4.92. The summed E-state index contributed by atoms with van der Waals surface area (Å²) in [6.07, 6.45) is 8.53. The van der Waals surface area contributed by atoms with Crippen LogP contribution in [-0.2, 0) is 0 Å². The molecule has 0 bridgehead atoms. The van der Waals surface area contributed by atoms with Crippen LogP contribution in [0.2, 0.25) is 0 Å². The van der Waals surface area contributed by atoms with Crippen molar-refractivity contribution in [3.05, 3.63) is 36.5 Å². The molecule has 2 heteroatoms. The molecule has 2 unspecified atom stereocenters. The summed E-state index contributed by atoms with van der Waals surface area (Å²) in [6, 6.07) is -0.0269. The van der Waals surface area contributed by atoms with E-state index in [1.165, 1.54) is 0 Å². The van der Waals surface area contributed by atoms with E-state index in [-0.39, 0.29) is 11.6 Å². The number of hydrogen-bond acceptors (Lipinski definition) is 2. The van der Waals surface area contributed by atoms with Crippen LogP contribution < -0.4 is 11.5 Å². The minimum atomic E-state index is -0.367. The molecular formula is C12H22N2. The summed E-state index contributed by atoms with van der Waals surface area (Å²) in [4.78, 5) is 0. The average Bonchev–Trinajstić information content (AvgIpc) is 2.04. The Morgan fingerprint density at radius 1 is 1.57 bits per heavy atom. The van der Waals surface area contributed by atoms with Crippen molar-refractivity contribution in [2.75, 3.05) is 0 Å². The van der Waals surface area contributed by atoms with Gasteiger partial charge in [-0.15, -0.1) is 0 Å². The van der Waals surface area contributed by atoms with E-state index in [1.807, 2.05) is 39.0 Å². The van der Waals surface area contributed by atoms with Crippen LogP contribution in [0.3, 0.4) is 0 Å². The Bertz CT molecular complexity index is 235. The van der Waals surface area contributed by atoms with Crippen LogP contribution in [0.25, 0.3) is 0 Å². The SMILES string of the molecule is C=C/C=C(\C=C/C)CC(C)(N)C(C)N. The van der Waals surface area contributed by atoms with Crippen molar-refractivity contribution < 1.29 is 0 Å². The van der Waals surface area contributed by atoms with Crippen molar-refractivity contribution in [1.29, 1.82) is 0 Å². The van der Waals surface area contributed by atoms with Crippen LogP contribution in [0.5, 0.6) is 0 Å². The highest BCUT2D eigenvalue weighted by molar-refractivity contribution is 5.25. The lowest BCUT2D eigenvalue weighted by molar-refractivity contribution is 0.393. The van der Waals surface area contributed by atoms with E-state index in [1.54, 1.807) is 6.08 Å². The van der Waals surface area contributed by atoms with Gasteiger partial charge in [-0.1, -0.05) is 30.9 Å². The molecule has 80 valence electrons. The molecule has 0 aromatic heterocycles. The molecule has 0 aliphatic rings. The Labute approximate surface area is 87.4 Å². The van der Waals surface area contributed by atoms with E-state index in [0.717, 1.165) is 12.0 Å². The predicted octanol–water partition coefficient (Wildman–Crippen LogP) is 2.13. The molecule has 2 atom stereocenters. The fourth-order valence-corrected chi connectivity index (χ4v) is 1.14. The smallest absolute Gasteiger partial charge is 0.0317 e. The maximum absolute atomic E-state index is 6.09. The zero-order valence-electron chi connectivity index (χ0n) is 9.46. The molecule has 0 heterocycles. The number of allylic oxidation sites excluding steroid dienone is 4. The molecule has 0 amide bonds. The Morgan fingerprint density at radius 3 is 2.50 bits per heavy atom. The minimum absolute atomic E-state index is 0.0269. The summed E-state index contributed by atoms with van der Waals surface area (Å²) in [5, 5.41) is 0.